The van der Waals surface area contributed by atoms with Crippen LogP contribution in [0.3, 0.4) is 0 Å². The van der Waals surface area contributed by atoms with Crippen molar-refractivity contribution in [3.63, 3.8) is 0 Å². The number of rotatable bonds is 6. The van der Waals surface area contributed by atoms with Gasteiger partial charge in [0, 0.05) is 17.6 Å². The predicted octanol–water partition coefficient (Wildman–Crippen LogP) is 3.75. The Kier molecular flexibility index (Phi) is 5.06. The molecule has 2 N–H and O–H groups in total. The summed E-state index contributed by atoms with van der Waals surface area (Å²) in [5, 5.41) is 8.29. The molecule has 1 amide bonds. The topological polar surface area (TPSA) is 41.1 Å². The summed E-state index contributed by atoms with van der Waals surface area (Å²) < 4.78 is 12.8. The van der Waals surface area contributed by atoms with Crippen molar-refractivity contribution in [2.45, 2.75) is 6.42 Å². The maximum absolute atomic E-state index is 12.8. The molecule has 0 atom stereocenters. The second-order valence-corrected chi connectivity index (χ2v) is 5.61. The number of carbonyl (C=O) groups excluding carboxylic acids is 1. The molecule has 0 fully saturated rings. The van der Waals surface area contributed by atoms with Gasteiger partial charge in [0.2, 0.25) is 5.91 Å². The van der Waals surface area contributed by atoms with Gasteiger partial charge in [-0.15, -0.1) is 0 Å². The van der Waals surface area contributed by atoms with Gasteiger partial charge < -0.3 is 10.6 Å². The molecule has 0 aliphatic carbocycles. The molecule has 3 nitrogen and oxygen atoms in total. The fraction of sp³-hybridized carbons (Fsp3) is 0.150. The highest BCUT2D eigenvalue weighted by molar-refractivity contribution is 5.95. The normalized spacial score (nSPS) is 10.5. The van der Waals surface area contributed by atoms with Crippen molar-refractivity contribution in [2.75, 3.05) is 18.4 Å². The first-order chi connectivity index (χ1) is 11.7. The first-order valence-electron chi connectivity index (χ1n) is 7.95. The van der Waals surface area contributed by atoms with Gasteiger partial charge in [-0.3, -0.25) is 4.79 Å². The van der Waals surface area contributed by atoms with E-state index in [1.807, 2.05) is 42.5 Å². The van der Waals surface area contributed by atoms with Crippen molar-refractivity contribution in [3.05, 3.63) is 78.1 Å². The Hall–Kier alpha value is -2.88. The molecule has 24 heavy (non-hydrogen) atoms. The summed E-state index contributed by atoms with van der Waals surface area (Å²) in [6.45, 7) is 0.749. The van der Waals surface area contributed by atoms with Gasteiger partial charge in [-0.1, -0.05) is 48.5 Å². The van der Waals surface area contributed by atoms with E-state index < -0.39 is 0 Å². The Morgan fingerprint density at radius 1 is 0.917 bits per heavy atom. The quantitative estimate of drug-likeness (QED) is 0.726. The third-order valence-corrected chi connectivity index (χ3v) is 3.88. The van der Waals surface area contributed by atoms with Gasteiger partial charge in [-0.25, -0.2) is 4.39 Å². The molecule has 3 aromatic rings. The van der Waals surface area contributed by atoms with Crippen molar-refractivity contribution < 1.29 is 9.18 Å². The molecule has 0 saturated heterocycles. The highest BCUT2D eigenvalue weighted by atomic mass is 19.1. The lowest BCUT2D eigenvalue weighted by atomic mass is 10.1. The lowest BCUT2D eigenvalue weighted by Crippen LogP contribution is -2.31. The molecule has 4 heteroatoms. The molecular formula is C20H19FN2O. The van der Waals surface area contributed by atoms with Crippen LogP contribution in [0.2, 0.25) is 0 Å². The van der Waals surface area contributed by atoms with Gasteiger partial charge >= 0.3 is 0 Å². The van der Waals surface area contributed by atoms with Crippen LogP contribution in [0.5, 0.6) is 0 Å². The van der Waals surface area contributed by atoms with Gasteiger partial charge in [0.25, 0.3) is 0 Å². The molecule has 0 heterocycles. The Balaban J connectivity index is 1.49. The van der Waals surface area contributed by atoms with Crippen LogP contribution >= 0.6 is 0 Å². The number of amides is 1. The smallest absolute Gasteiger partial charge is 0.239 e. The van der Waals surface area contributed by atoms with Crippen molar-refractivity contribution in [1.29, 1.82) is 0 Å². The third-order valence-electron chi connectivity index (χ3n) is 3.88. The number of fused-ring (bicyclic) bond motifs is 1. The van der Waals surface area contributed by atoms with Crippen molar-refractivity contribution >= 4 is 22.4 Å². The third kappa shape index (κ3) is 4.10. The minimum atomic E-state index is -0.248. The molecule has 0 aliphatic rings. The summed E-state index contributed by atoms with van der Waals surface area (Å²) in [5.74, 6) is -0.313. The van der Waals surface area contributed by atoms with E-state index in [0.717, 1.165) is 22.0 Å². The zero-order valence-corrected chi connectivity index (χ0v) is 13.3. The summed E-state index contributed by atoms with van der Waals surface area (Å²) in [6.07, 6.45) is 0.681. The minimum absolute atomic E-state index is 0.0648. The van der Waals surface area contributed by atoms with E-state index in [1.54, 1.807) is 12.1 Å². The van der Waals surface area contributed by atoms with Gasteiger partial charge in [0.1, 0.15) is 5.82 Å². The first-order valence-corrected chi connectivity index (χ1v) is 7.95. The molecule has 0 aromatic heterocycles. The number of nitrogens with one attached hydrogen (secondary N) is 2. The molecule has 0 bridgehead atoms. The lowest BCUT2D eigenvalue weighted by molar-refractivity contribution is -0.119. The number of hydrogen-bond donors (Lipinski definition) is 2. The van der Waals surface area contributed by atoms with Crippen LogP contribution in [-0.4, -0.2) is 19.0 Å². The second kappa shape index (κ2) is 7.59. The van der Waals surface area contributed by atoms with Crippen LogP contribution in [0.1, 0.15) is 5.56 Å². The number of carbonyl (C=O) groups is 1. The van der Waals surface area contributed by atoms with Crippen LogP contribution in [-0.2, 0) is 11.2 Å². The zero-order chi connectivity index (χ0) is 16.8. The highest BCUT2D eigenvalue weighted by Gasteiger charge is 2.04. The Bertz CT molecular complexity index is 825. The fourth-order valence-corrected chi connectivity index (χ4v) is 2.61. The number of benzene rings is 3. The van der Waals surface area contributed by atoms with Crippen molar-refractivity contribution in [1.82, 2.24) is 5.32 Å². The van der Waals surface area contributed by atoms with E-state index in [4.69, 9.17) is 0 Å². The predicted molar refractivity (Wildman–Crippen MR) is 95.6 cm³/mol. The minimum Gasteiger partial charge on any atom is -0.376 e. The molecule has 3 aromatic carbocycles. The van der Waals surface area contributed by atoms with Gasteiger partial charge in [-0.05, 0) is 35.6 Å². The first kappa shape index (κ1) is 16.0. The second-order valence-electron chi connectivity index (χ2n) is 5.61. The number of anilines is 1. The summed E-state index contributed by atoms with van der Waals surface area (Å²) in [7, 11) is 0. The molecule has 0 unspecified atom stereocenters. The van der Waals surface area contributed by atoms with Gasteiger partial charge in [-0.2, -0.15) is 0 Å². The van der Waals surface area contributed by atoms with Crippen molar-refractivity contribution in [3.8, 4) is 0 Å². The Labute approximate surface area is 140 Å². The zero-order valence-electron chi connectivity index (χ0n) is 13.3. The SMILES string of the molecule is O=C(CNc1cccc2ccccc12)NCCc1ccc(F)cc1. The average Bonchev–Trinajstić information content (AvgIpc) is 2.61. The van der Waals surface area contributed by atoms with Crippen LogP contribution in [0.15, 0.2) is 66.7 Å². The van der Waals surface area contributed by atoms with E-state index in [1.165, 1.54) is 12.1 Å². The van der Waals surface area contributed by atoms with Crippen LogP contribution in [0.25, 0.3) is 10.8 Å². The largest absolute Gasteiger partial charge is 0.376 e. The van der Waals surface area contributed by atoms with Gasteiger partial charge in [0.05, 0.1) is 6.54 Å². The fourth-order valence-electron chi connectivity index (χ4n) is 2.61. The summed E-state index contributed by atoms with van der Waals surface area (Å²) in [6, 6.07) is 20.4. The average molecular weight is 322 g/mol. The molecule has 122 valence electrons. The standard InChI is InChI=1S/C20H19FN2O/c21-17-10-8-15(9-11-17)12-13-22-20(24)14-23-19-7-3-5-16-4-1-2-6-18(16)19/h1-11,23H,12-14H2,(H,22,24). The lowest BCUT2D eigenvalue weighted by Gasteiger charge is -2.10. The van der Waals surface area contributed by atoms with E-state index >= 15 is 0 Å². The summed E-state index contributed by atoms with van der Waals surface area (Å²) in [4.78, 5) is 12.0. The molecular weight excluding hydrogens is 303 g/mol. The summed E-state index contributed by atoms with van der Waals surface area (Å²) in [5.41, 5.74) is 1.94. The summed E-state index contributed by atoms with van der Waals surface area (Å²) >= 11 is 0. The monoisotopic (exact) mass is 322 g/mol. The highest BCUT2D eigenvalue weighted by Crippen LogP contribution is 2.22. The van der Waals surface area contributed by atoms with E-state index in [0.29, 0.717) is 13.0 Å². The maximum atomic E-state index is 12.8. The van der Waals surface area contributed by atoms with E-state index in [2.05, 4.69) is 10.6 Å². The Morgan fingerprint density at radius 2 is 1.67 bits per heavy atom. The van der Waals surface area contributed by atoms with E-state index in [-0.39, 0.29) is 18.3 Å². The molecule has 0 saturated carbocycles. The number of halogens is 1. The molecule has 0 spiro atoms. The maximum Gasteiger partial charge on any atom is 0.239 e. The van der Waals surface area contributed by atoms with E-state index in [9.17, 15) is 9.18 Å². The molecule has 0 aliphatic heterocycles. The Morgan fingerprint density at radius 3 is 2.50 bits per heavy atom. The molecule has 0 radical (unpaired) electrons. The van der Waals surface area contributed by atoms with Crippen LogP contribution < -0.4 is 10.6 Å². The van der Waals surface area contributed by atoms with Crippen LogP contribution in [0, 0.1) is 5.82 Å². The molecule has 3 rings (SSSR count). The van der Waals surface area contributed by atoms with Gasteiger partial charge in [0.15, 0.2) is 0 Å². The van der Waals surface area contributed by atoms with Crippen LogP contribution in [0.4, 0.5) is 10.1 Å². The van der Waals surface area contributed by atoms with Crippen molar-refractivity contribution in [2.24, 2.45) is 0 Å². The number of hydrogen-bond acceptors (Lipinski definition) is 2.